The molecule has 100 valence electrons. The van der Waals surface area contributed by atoms with Crippen molar-refractivity contribution in [3.05, 3.63) is 62.5 Å². The quantitative estimate of drug-likeness (QED) is 0.820. The predicted molar refractivity (Wildman–Crippen MR) is 85.2 cm³/mol. The molecule has 0 heterocycles. The van der Waals surface area contributed by atoms with Crippen molar-refractivity contribution in [2.24, 2.45) is 5.73 Å². The van der Waals surface area contributed by atoms with Crippen LogP contribution in [-0.4, -0.2) is 0 Å². The fourth-order valence-electron chi connectivity index (χ4n) is 1.79. The Hall–Kier alpha value is -0.840. The lowest BCUT2D eigenvalue weighted by Gasteiger charge is -2.14. The van der Waals surface area contributed by atoms with Crippen LogP contribution in [0.25, 0.3) is 0 Å². The van der Waals surface area contributed by atoms with Crippen molar-refractivity contribution in [3.63, 3.8) is 0 Å². The monoisotopic (exact) mass is 383 g/mol. The molecule has 0 saturated heterocycles. The van der Waals surface area contributed by atoms with E-state index < -0.39 is 0 Å². The molecule has 4 heteroatoms. The Morgan fingerprint density at radius 2 is 1.84 bits per heavy atom. The summed E-state index contributed by atoms with van der Waals surface area (Å²) in [4.78, 5) is 0. The molecule has 0 unspecified atom stereocenters. The molecule has 19 heavy (non-hydrogen) atoms. The third kappa shape index (κ3) is 4.06. The van der Waals surface area contributed by atoms with Crippen LogP contribution < -0.4 is 10.5 Å². The van der Waals surface area contributed by atoms with E-state index in [1.807, 2.05) is 49.4 Å². The van der Waals surface area contributed by atoms with Crippen LogP contribution in [0.3, 0.4) is 0 Å². The first kappa shape index (κ1) is 14.6. The first-order chi connectivity index (χ1) is 9.06. The molecule has 2 rings (SSSR count). The van der Waals surface area contributed by atoms with Crippen LogP contribution in [0, 0.1) is 0 Å². The molecule has 2 nitrogen and oxygen atoms in total. The minimum atomic E-state index is -0.0602. The zero-order chi connectivity index (χ0) is 13.8. The minimum absolute atomic E-state index is 0.0602. The predicted octanol–water partition coefficient (Wildman–Crippen LogP) is 4.81. The fourth-order valence-corrected chi connectivity index (χ4v) is 2.62. The lowest BCUT2D eigenvalue weighted by Crippen LogP contribution is -2.08. The maximum absolute atomic E-state index is 5.97. The Morgan fingerprint density at radius 3 is 2.53 bits per heavy atom. The number of hydrogen-bond acceptors (Lipinski definition) is 2. The zero-order valence-corrected chi connectivity index (χ0v) is 13.7. The van der Waals surface area contributed by atoms with Gasteiger partial charge >= 0.3 is 0 Å². The van der Waals surface area contributed by atoms with Crippen molar-refractivity contribution in [1.82, 2.24) is 0 Å². The topological polar surface area (TPSA) is 35.2 Å². The first-order valence-electron chi connectivity index (χ1n) is 5.98. The van der Waals surface area contributed by atoms with Gasteiger partial charge in [0, 0.05) is 20.6 Å². The summed E-state index contributed by atoms with van der Waals surface area (Å²) in [5.74, 6) is 0.832. The lowest BCUT2D eigenvalue weighted by atomic mass is 10.1. The number of rotatable bonds is 4. The van der Waals surface area contributed by atoms with E-state index in [0.717, 1.165) is 25.8 Å². The molecule has 0 aliphatic heterocycles. The van der Waals surface area contributed by atoms with Gasteiger partial charge in [-0.1, -0.05) is 44.0 Å². The van der Waals surface area contributed by atoms with E-state index in [-0.39, 0.29) is 6.04 Å². The molecule has 0 spiro atoms. The van der Waals surface area contributed by atoms with Crippen LogP contribution in [-0.2, 0) is 6.61 Å². The Balaban J connectivity index is 2.15. The highest BCUT2D eigenvalue weighted by Gasteiger charge is 2.09. The summed E-state index contributed by atoms with van der Waals surface area (Å²) < 4.78 is 7.93. The third-order valence-electron chi connectivity index (χ3n) is 2.75. The number of ether oxygens (including phenoxy) is 1. The van der Waals surface area contributed by atoms with Gasteiger partial charge in [0.2, 0.25) is 0 Å². The van der Waals surface area contributed by atoms with Crippen LogP contribution in [0.2, 0.25) is 0 Å². The number of hydrogen-bond donors (Lipinski definition) is 1. The highest BCUT2D eigenvalue weighted by atomic mass is 79.9. The average Bonchev–Trinajstić information content (AvgIpc) is 2.37. The van der Waals surface area contributed by atoms with Crippen molar-refractivity contribution in [3.8, 4) is 5.75 Å². The molecular formula is C15H15Br2NO. The highest BCUT2D eigenvalue weighted by molar-refractivity contribution is 9.10. The van der Waals surface area contributed by atoms with Gasteiger partial charge in [-0.2, -0.15) is 0 Å². The van der Waals surface area contributed by atoms with Gasteiger partial charge in [-0.3, -0.25) is 0 Å². The van der Waals surface area contributed by atoms with Gasteiger partial charge in [0.15, 0.2) is 0 Å². The largest absolute Gasteiger partial charge is 0.489 e. The van der Waals surface area contributed by atoms with Crippen molar-refractivity contribution in [2.45, 2.75) is 19.6 Å². The van der Waals surface area contributed by atoms with E-state index in [2.05, 4.69) is 31.9 Å². The summed E-state index contributed by atoms with van der Waals surface area (Å²) >= 11 is 6.91. The highest BCUT2D eigenvalue weighted by Crippen LogP contribution is 2.28. The van der Waals surface area contributed by atoms with E-state index in [1.54, 1.807) is 0 Å². The van der Waals surface area contributed by atoms with Gasteiger partial charge in [-0.25, -0.2) is 0 Å². The molecule has 0 bridgehead atoms. The van der Waals surface area contributed by atoms with Crippen LogP contribution in [0.5, 0.6) is 5.75 Å². The second kappa shape index (κ2) is 6.55. The van der Waals surface area contributed by atoms with E-state index in [9.17, 15) is 0 Å². The zero-order valence-electron chi connectivity index (χ0n) is 10.6. The van der Waals surface area contributed by atoms with E-state index in [4.69, 9.17) is 10.5 Å². The normalized spacial score (nSPS) is 12.2. The molecule has 2 N–H and O–H groups in total. The second-order valence-corrected chi connectivity index (χ2v) is 6.22. The fraction of sp³-hybridized carbons (Fsp3) is 0.200. The molecular weight excluding hydrogens is 370 g/mol. The van der Waals surface area contributed by atoms with Crippen LogP contribution in [0.15, 0.2) is 51.4 Å². The summed E-state index contributed by atoms with van der Waals surface area (Å²) in [5.41, 5.74) is 8.09. The Morgan fingerprint density at radius 1 is 1.11 bits per heavy atom. The average molecular weight is 385 g/mol. The Kier molecular flexibility index (Phi) is 5.02. The van der Waals surface area contributed by atoms with Crippen LogP contribution in [0.1, 0.15) is 24.1 Å². The minimum Gasteiger partial charge on any atom is -0.489 e. The van der Waals surface area contributed by atoms with Crippen molar-refractivity contribution >= 4 is 31.9 Å². The third-order valence-corrected chi connectivity index (χ3v) is 3.73. The summed E-state index contributed by atoms with van der Waals surface area (Å²) in [6, 6.07) is 13.9. The molecule has 1 atom stereocenters. The van der Waals surface area contributed by atoms with Crippen LogP contribution >= 0.6 is 31.9 Å². The van der Waals surface area contributed by atoms with E-state index in [0.29, 0.717) is 6.61 Å². The van der Waals surface area contributed by atoms with Crippen molar-refractivity contribution in [2.75, 3.05) is 0 Å². The van der Waals surface area contributed by atoms with Gasteiger partial charge in [-0.05, 0) is 42.8 Å². The lowest BCUT2D eigenvalue weighted by molar-refractivity contribution is 0.301. The molecule has 2 aromatic carbocycles. The second-order valence-electron chi connectivity index (χ2n) is 4.39. The molecule has 0 fully saturated rings. The van der Waals surface area contributed by atoms with Gasteiger partial charge in [-0.15, -0.1) is 0 Å². The molecule has 0 aliphatic rings. The summed E-state index contributed by atoms with van der Waals surface area (Å²) in [5, 5.41) is 0. The maximum atomic E-state index is 5.97. The first-order valence-corrected chi connectivity index (χ1v) is 7.57. The smallest absolute Gasteiger partial charge is 0.124 e. The number of halogens is 2. The standard InChI is InChI=1S/C15H15Br2NO/c1-10(18)14-8-13(17)5-6-15(14)19-9-11-3-2-4-12(16)7-11/h2-8,10H,9,18H2,1H3/t10-/m1/s1. The SMILES string of the molecule is C[C@@H](N)c1cc(Br)ccc1OCc1cccc(Br)c1. The molecule has 0 aliphatic carbocycles. The van der Waals surface area contributed by atoms with E-state index >= 15 is 0 Å². The number of benzene rings is 2. The molecule has 0 amide bonds. The van der Waals surface area contributed by atoms with Gasteiger partial charge < -0.3 is 10.5 Å². The summed E-state index contributed by atoms with van der Waals surface area (Å²) in [7, 11) is 0. The molecule has 2 aromatic rings. The maximum Gasteiger partial charge on any atom is 0.124 e. The van der Waals surface area contributed by atoms with Gasteiger partial charge in [0.05, 0.1) is 0 Å². The molecule has 0 aromatic heterocycles. The number of nitrogens with two attached hydrogens (primary N) is 1. The molecule has 0 radical (unpaired) electrons. The van der Waals surface area contributed by atoms with Crippen molar-refractivity contribution < 1.29 is 4.74 Å². The van der Waals surface area contributed by atoms with Crippen molar-refractivity contribution in [1.29, 1.82) is 0 Å². The van der Waals surface area contributed by atoms with E-state index in [1.165, 1.54) is 0 Å². The molecule has 0 saturated carbocycles. The van der Waals surface area contributed by atoms with Gasteiger partial charge in [0.25, 0.3) is 0 Å². The Labute approximate surface area is 130 Å². The van der Waals surface area contributed by atoms with Gasteiger partial charge in [0.1, 0.15) is 12.4 Å². The Bertz CT molecular complexity index is 570. The van der Waals surface area contributed by atoms with Crippen LogP contribution in [0.4, 0.5) is 0 Å². The summed E-state index contributed by atoms with van der Waals surface area (Å²) in [6.45, 7) is 2.48. The summed E-state index contributed by atoms with van der Waals surface area (Å²) in [6.07, 6.45) is 0.